The maximum absolute atomic E-state index is 12.0. The smallest absolute Gasteiger partial charge is 0.214 e. The molecule has 0 aromatic heterocycles. The van der Waals surface area contributed by atoms with E-state index >= 15 is 0 Å². The predicted octanol–water partition coefficient (Wildman–Crippen LogP) is 0.863. The largest absolute Gasteiger partial charge is 0.330 e. The quantitative estimate of drug-likeness (QED) is 0.674. The first-order valence-corrected chi connectivity index (χ1v) is 9.11. The van der Waals surface area contributed by atoms with Crippen molar-refractivity contribution in [2.45, 2.75) is 39.0 Å². The van der Waals surface area contributed by atoms with Gasteiger partial charge in [-0.15, -0.1) is 0 Å². The molecule has 1 aliphatic rings. The van der Waals surface area contributed by atoms with Gasteiger partial charge in [0.1, 0.15) is 0 Å². The molecule has 0 saturated carbocycles. The Morgan fingerprint density at radius 1 is 1.05 bits per heavy atom. The van der Waals surface area contributed by atoms with Crippen molar-refractivity contribution in [3.63, 3.8) is 0 Å². The highest BCUT2D eigenvalue weighted by molar-refractivity contribution is 7.89. The maximum Gasteiger partial charge on any atom is 0.214 e. The van der Waals surface area contributed by atoms with E-state index in [-0.39, 0.29) is 5.75 Å². The van der Waals surface area contributed by atoms with Gasteiger partial charge in [0.05, 0.1) is 5.75 Å². The van der Waals surface area contributed by atoms with E-state index in [4.69, 9.17) is 5.73 Å². The maximum atomic E-state index is 12.0. The van der Waals surface area contributed by atoms with Crippen molar-refractivity contribution in [1.82, 2.24) is 9.21 Å². The van der Waals surface area contributed by atoms with Gasteiger partial charge in [0.2, 0.25) is 10.0 Å². The number of hydrogen-bond acceptors (Lipinski definition) is 4. The molecule has 1 aliphatic heterocycles. The molecule has 114 valence electrons. The summed E-state index contributed by atoms with van der Waals surface area (Å²) in [6.45, 7) is 6.97. The van der Waals surface area contributed by atoms with Gasteiger partial charge in [0.25, 0.3) is 0 Å². The molecule has 1 saturated heterocycles. The van der Waals surface area contributed by atoms with E-state index in [1.807, 2.05) is 6.92 Å². The second-order valence-corrected chi connectivity index (χ2v) is 7.35. The lowest BCUT2D eigenvalue weighted by Gasteiger charge is -2.21. The lowest BCUT2D eigenvalue weighted by molar-refractivity contribution is 0.280. The molecule has 0 atom stereocenters. The van der Waals surface area contributed by atoms with E-state index in [0.29, 0.717) is 19.5 Å². The summed E-state index contributed by atoms with van der Waals surface area (Å²) >= 11 is 0. The molecule has 1 rings (SSSR count). The Morgan fingerprint density at radius 3 is 2.53 bits per heavy atom. The van der Waals surface area contributed by atoms with Crippen molar-refractivity contribution < 1.29 is 8.42 Å². The summed E-state index contributed by atoms with van der Waals surface area (Å²) in [5.41, 5.74) is 5.48. The molecular weight excluding hydrogens is 262 g/mol. The molecule has 0 spiro atoms. The molecule has 2 N–H and O–H groups in total. The average Bonchev–Trinajstić information content (AvgIpc) is 2.60. The Hall–Kier alpha value is -0.170. The van der Waals surface area contributed by atoms with Crippen LogP contribution in [0.3, 0.4) is 0 Å². The van der Waals surface area contributed by atoms with Gasteiger partial charge in [0, 0.05) is 19.6 Å². The SMILES string of the molecule is CCCS(=O)(=O)N1CCCN(CCCCCN)CC1. The minimum atomic E-state index is -3.02. The van der Waals surface area contributed by atoms with Crippen LogP contribution in [0.1, 0.15) is 39.0 Å². The average molecular weight is 291 g/mol. The molecule has 0 aliphatic carbocycles. The van der Waals surface area contributed by atoms with Crippen molar-refractivity contribution in [3.8, 4) is 0 Å². The van der Waals surface area contributed by atoms with Gasteiger partial charge in [-0.25, -0.2) is 12.7 Å². The zero-order chi connectivity index (χ0) is 14.1. The molecule has 0 unspecified atom stereocenters. The summed E-state index contributed by atoms with van der Waals surface area (Å²) in [5.74, 6) is 0.281. The molecule has 1 heterocycles. The van der Waals surface area contributed by atoms with Crippen LogP contribution in [0, 0.1) is 0 Å². The lowest BCUT2D eigenvalue weighted by Crippen LogP contribution is -2.36. The van der Waals surface area contributed by atoms with Crippen LogP contribution in [0.5, 0.6) is 0 Å². The van der Waals surface area contributed by atoms with Gasteiger partial charge in [-0.1, -0.05) is 13.3 Å². The van der Waals surface area contributed by atoms with Crippen molar-refractivity contribution in [3.05, 3.63) is 0 Å². The monoisotopic (exact) mass is 291 g/mol. The molecule has 19 heavy (non-hydrogen) atoms. The van der Waals surface area contributed by atoms with E-state index in [2.05, 4.69) is 4.90 Å². The van der Waals surface area contributed by atoms with Crippen LogP contribution in [0.25, 0.3) is 0 Å². The van der Waals surface area contributed by atoms with Crippen molar-refractivity contribution in [2.24, 2.45) is 5.73 Å². The fraction of sp³-hybridized carbons (Fsp3) is 1.00. The number of sulfonamides is 1. The van der Waals surface area contributed by atoms with E-state index in [9.17, 15) is 8.42 Å². The van der Waals surface area contributed by atoms with Crippen LogP contribution in [0.2, 0.25) is 0 Å². The van der Waals surface area contributed by atoms with Crippen LogP contribution in [0.4, 0.5) is 0 Å². The number of hydrogen-bond donors (Lipinski definition) is 1. The summed E-state index contributed by atoms with van der Waals surface area (Å²) in [6, 6.07) is 0. The van der Waals surface area contributed by atoms with Gasteiger partial charge in [-0.3, -0.25) is 0 Å². The minimum Gasteiger partial charge on any atom is -0.330 e. The Labute approximate surface area is 118 Å². The highest BCUT2D eigenvalue weighted by atomic mass is 32.2. The first kappa shape index (κ1) is 16.9. The second-order valence-electron chi connectivity index (χ2n) is 5.26. The fourth-order valence-corrected chi connectivity index (χ4v) is 4.03. The summed E-state index contributed by atoms with van der Waals surface area (Å²) in [6.07, 6.45) is 5.07. The molecule has 0 aromatic carbocycles. The van der Waals surface area contributed by atoms with E-state index in [1.54, 1.807) is 4.31 Å². The first-order chi connectivity index (χ1) is 9.10. The fourth-order valence-electron chi connectivity index (χ4n) is 2.49. The summed E-state index contributed by atoms with van der Waals surface area (Å²) in [5, 5.41) is 0. The molecule has 0 amide bonds. The highest BCUT2D eigenvalue weighted by Crippen LogP contribution is 2.10. The lowest BCUT2D eigenvalue weighted by atomic mass is 10.2. The minimum absolute atomic E-state index is 0.281. The summed E-state index contributed by atoms with van der Waals surface area (Å²) in [7, 11) is -3.02. The number of nitrogens with zero attached hydrogens (tertiary/aromatic N) is 2. The van der Waals surface area contributed by atoms with Crippen molar-refractivity contribution in [1.29, 1.82) is 0 Å². The van der Waals surface area contributed by atoms with Crippen LogP contribution in [-0.2, 0) is 10.0 Å². The van der Waals surface area contributed by atoms with Crippen LogP contribution < -0.4 is 5.73 Å². The zero-order valence-corrected chi connectivity index (χ0v) is 13.0. The number of nitrogens with two attached hydrogens (primary N) is 1. The van der Waals surface area contributed by atoms with Crippen LogP contribution in [-0.4, -0.2) is 62.6 Å². The molecule has 1 fully saturated rings. The summed E-state index contributed by atoms with van der Waals surface area (Å²) < 4.78 is 25.8. The van der Waals surface area contributed by atoms with Crippen LogP contribution in [0.15, 0.2) is 0 Å². The Kier molecular flexibility index (Phi) is 7.90. The topological polar surface area (TPSA) is 66.6 Å². The first-order valence-electron chi connectivity index (χ1n) is 7.50. The van der Waals surface area contributed by atoms with Gasteiger partial charge in [-0.05, 0) is 45.3 Å². The Bertz CT molecular complexity index is 333. The normalized spacial score (nSPS) is 19.5. The summed E-state index contributed by atoms with van der Waals surface area (Å²) in [4.78, 5) is 2.39. The van der Waals surface area contributed by atoms with Gasteiger partial charge in [0.15, 0.2) is 0 Å². The van der Waals surface area contributed by atoms with Gasteiger partial charge >= 0.3 is 0 Å². The third kappa shape index (κ3) is 6.21. The third-order valence-electron chi connectivity index (χ3n) is 3.58. The molecule has 0 radical (unpaired) electrons. The molecule has 0 aromatic rings. The van der Waals surface area contributed by atoms with E-state index in [1.165, 1.54) is 12.8 Å². The number of unbranched alkanes of at least 4 members (excludes halogenated alkanes) is 2. The van der Waals surface area contributed by atoms with Crippen LogP contribution >= 0.6 is 0 Å². The van der Waals surface area contributed by atoms with Gasteiger partial charge in [-0.2, -0.15) is 0 Å². The van der Waals surface area contributed by atoms with Gasteiger partial charge < -0.3 is 10.6 Å². The third-order valence-corrected chi connectivity index (χ3v) is 5.66. The predicted molar refractivity (Wildman–Crippen MR) is 79.6 cm³/mol. The second kappa shape index (κ2) is 8.89. The Balaban J connectivity index is 2.35. The van der Waals surface area contributed by atoms with Crippen molar-refractivity contribution >= 4 is 10.0 Å². The standard InChI is InChI=1S/C13H29N3O2S/c1-2-13-19(17,18)16-10-6-9-15(11-12-16)8-5-3-4-7-14/h2-14H2,1H3. The van der Waals surface area contributed by atoms with E-state index in [0.717, 1.165) is 39.0 Å². The highest BCUT2D eigenvalue weighted by Gasteiger charge is 2.23. The van der Waals surface area contributed by atoms with E-state index < -0.39 is 10.0 Å². The molecule has 6 heteroatoms. The number of rotatable bonds is 8. The molecule has 0 bridgehead atoms. The molecular formula is C13H29N3O2S. The zero-order valence-electron chi connectivity index (χ0n) is 12.2. The van der Waals surface area contributed by atoms with Crippen molar-refractivity contribution in [2.75, 3.05) is 45.0 Å². The molecule has 5 nitrogen and oxygen atoms in total. The Morgan fingerprint density at radius 2 is 1.84 bits per heavy atom.